The van der Waals surface area contributed by atoms with Crippen molar-refractivity contribution in [2.24, 2.45) is 0 Å². The number of halogens is 1. The number of benzene rings is 1. The molecule has 0 saturated carbocycles. The van der Waals surface area contributed by atoms with Gasteiger partial charge in [-0.2, -0.15) is 9.97 Å². The molecule has 3 aromatic rings. The van der Waals surface area contributed by atoms with Crippen molar-refractivity contribution >= 4 is 28.6 Å². The number of hydrogen-bond donors (Lipinski definition) is 3. The van der Waals surface area contributed by atoms with E-state index in [1.807, 2.05) is 0 Å². The van der Waals surface area contributed by atoms with E-state index in [2.05, 4.69) is 44.1 Å². The Morgan fingerprint density at radius 3 is 2.81 bits per heavy atom. The van der Waals surface area contributed by atoms with E-state index in [9.17, 15) is 15.3 Å². The highest BCUT2D eigenvalue weighted by atomic mass is 35.5. The van der Waals surface area contributed by atoms with Crippen LogP contribution < -0.4 is 4.90 Å². The number of fused-ring (bicyclic) bond motifs is 3. The highest BCUT2D eigenvalue weighted by Crippen LogP contribution is 2.47. The van der Waals surface area contributed by atoms with Crippen LogP contribution in [0.5, 0.6) is 0 Å². The van der Waals surface area contributed by atoms with Gasteiger partial charge in [0.2, 0.25) is 5.28 Å². The number of aliphatic hydroxyl groups excluding tert-OH is 3. The van der Waals surface area contributed by atoms with Crippen LogP contribution in [0.2, 0.25) is 5.28 Å². The van der Waals surface area contributed by atoms with E-state index < -0.39 is 31.1 Å². The largest absolute Gasteiger partial charge is 0.394 e. The van der Waals surface area contributed by atoms with E-state index in [1.54, 1.807) is 4.57 Å². The molecule has 2 fully saturated rings. The number of aryl methyl sites for hydroxylation is 1. The number of aliphatic hydroxyl groups is 3. The number of aromatic nitrogens is 4. The van der Waals surface area contributed by atoms with E-state index in [1.165, 1.54) is 17.5 Å². The molecule has 1 spiro atoms. The standard InChI is InChI=1S/C22H24ClN5O4/c23-21-25-18(27-8-7-22(10-27)6-5-12-3-1-2-4-13(12)22)15-19(26-21)28(11-24-15)20-17(31)16(30)14(9-29)32-20/h1-4,11,14,16-17,20,29-31H,5-10H2/t14-,16?,17+,20-,22?/m1/s1. The molecule has 5 atom stereocenters. The SMILES string of the molecule is OC[C@H]1O[C@@H](n2cnc3c(N4CCC5(CCc6ccccc65)C4)nc(Cl)nc32)[C@@H](O)C1O. The maximum Gasteiger partial charge on any atom is 0.226 e. The molecular weight excluding hydrogens is 434 g/mol. The zero-order valence-electron chi connectivity index (χ0n) is 17.3. The summed E-state index contributed by atoms with van der Waals surface area (Å²) in [6.07, 6.45) is 0.486. The maximum atomic E-state index is 10.5. The fourth-order valence-corrected chi connectivity index (χ4v) is 5.79. The van der Waals surface area contributed by atoms with E-state index in [0.717, 1.165) is 32.4 Å². The summed E-state index contributed by atoms with van der Waals surface area (Å²) in [6, 6.07) is 8.67. The van der Waals surface area contributed by atoms with Crippen LogP contribution in [-0.4, -0.2) is 72.8 Å². The van der Waals surface area contributed by atoms with Crippen LogP contribution in [0.25, 0.3) is 11.2 Å². The summed E-state index contributed by atoms with van der Waals surface area (Å²) in [5.74, 6) is 0.659. The molecule has 2 aliphatic heterocycles. The van der Waals surface area contributed by atoms with E-state index >= 15 is 0 Å². The van der Waals surface area contributed by atoms with E-state index in [0.29, 0.717) is 17.0 Å². The van der Waals surface area contributed by atoms with Crippen molar-refractivity contribution in [3.05, 3.63) is 47.0 Å². The van der Waals surface area contributed by atoms with Crippen molar-refractivity contribution in [3.63, 3.8) is 0 Å². The van der Waals surface area contributed by atoms with Crippen LogP contribution in [0.1, 0.15) is 30.2 Å². The Bertz CT molecular complexity index is 1190. The smallest absolute Gasteiger partial charge is 0.226 e. The summed E-state index contributed by atoms with van der Waals surface area (Å²) < 4.78 is 7.21. The average molecular weight is 458 g/mol. The molecule has 6 rings (SSSR count). The monoisotopic (exact) mass is 457 g/mol. The summed E-state index contributed by atoms with van der Waals surface area (Å²) in [7, 11) is 0. The Hall–Kier alpha value is -2.30. The molecule has 0 bridgehead atoms. The first kappa shape index (κ1) is 20.3. The number of anilines is 1. The van der Waals surface area contributed by atoms with Crippen LogP contribution in [0.3, 0.4) is 0 Å². The van der Waals surface area contributed by atoms with Crippen molar-refractivity contribution in [2.75, 3.05) is 24.6 Å². The van der Waals surface area contributed by atoms with Crippen LogP contribution in [-0.2, 0) is 16.6 Å². The van der Waals surface area contributed by atoms with Gasteiger partial charge in [-0.3, -0.25) is 4.57 Å². The van der Waals surface area contributed by atoms with Gasteiger partial charge < -0.3 is 25.0 Å². The van der Waals surface area contributed by atoms with Crippen LogP contribution in [0.15, 0.2) is 30.6 Å². The second-order valence-electron chi connectivity index (χ2n) is 8.98. The molecule has 2 aromatic heterocycles. The fraction of sp³-hybridized carbons (Fsp3) is 0.500. The minimum Gasteiger partial charge on any atom is -0.394 e. The Labute approximate surface area is 189 Å². The molecule has 4 heterocycles. The predicted molar refractivity (Wildman–Crippen MR) is 117 cm³/mol. The molecule has 0 radical (unpaired) electrons. The van der Waals surface area contributed by atoms with Crippen molar-refractivity contribution < 1.29 is 20.1 Å². The van der Waals surface area contributed by atoms with Gasteiger partial charge in [0.25, 0.3) is 0 Å². The van der Waals surface area contributed by atoms with Gasteiger partial charge in [0.15, 0.2) is 23.2 Å². The number of rotatable bonds is 3. The molecule has 32 heavy (non-hydrogen) atoms. The number of nitrogens with zero attached hydrogens (tertiary/aromatic N) is 5. The van der Waals surface area contributed by atoms with Gasteiger partial charge in [-0.1, -0.05) is 24.3 Å². The molecule has 1 aromatic carbocycles. The molecule has 9 nitrogen and oxygen atoms in total. The van der Waals surface area contributed by atoms with Crippen molar-refractivity contribution in [3.8, 4) is 0 Å². The molecule has 2 unspecified atom stereocenters. The minimum absolute atomic E-state index is 0.0776. The number of imidazole rings is 1. The van der Waals surface area contributed by atoms with Crippen LogP contribution >= 0.6 is 11.6 Å². The molecule has 1 aliphatic carbocycles. The molecule has 10 heteroatoms. The highest BCUT2D eigenvalue weighted by Gasteiger charge is 2.46. The average Bonchev–Trinajstić information content (AvgIpc) is 3.56. The van der Waals surface area contributed by atoms with Crippen LogP contribution in [0.4, 0.5) is 5.82 Å². The normalized spacial score (nSPS) is 31.8. The van der Waals surface area contributed by atoms with Gasteiger partial charge in [0, 0.05) is 18.5 Å². The highest BCUT2D eigenvalue weighted by molar-refractivity contribution is 6.28. The third kappa shape index (κ3) is 2.89. The van der Waals surface area contributed by atoms with Crippen LogP contribution in [0, 0.1) is 0 Å². The number of hydrogen-bond acceptors (Lipinski definition) is 8. The summed E-state index contributed by atoms with van der Waals surface area (Å²) >= 11 is 6.31. The van der Waals surface area contributed by atoms with Gasteiger partial charge in [0.1, 0.15) is 18.3 Å². The lowest BCUT2D eigenvalue weighted by molar-refractivity contribution is -0.0511. The zero-order valence-corrected chi connectivity index (χ0v) is 18.1. The maximum absolute atomic E-state index is 10.5. The predicted octanol–water partition coefficient (Wildman–Crippen LogP) is 1.19. The quantitative estimate of drug-likeness (QED) is 0.502. The third-order valence-electron chi connectivity index (χ3n) is 7.28. The van der Waals surface area contributed by atoms with E-state index in [-0.39, 0.29) is 10.7 Å². The first-order valence-electron chi connectivity index (χ1n) is 10.9. The third-order valence-corrected chi connectivity index (χ3v) is 7.45. The van der Waals surface area contributed by atoms with Gasteiger partial charge >= 0.3 is 0 Å². The second-order valence-corrected chi connectivity index (χ2v) is 9.32. The van der Waals surface area contributed by atoms with Gasteiger partial charge in [-0.25, -0.2) is 4.98 Å². The van der Waals surface area contributed by atoms with Crippen molar-refractivity contribution in [1.29, 1.82) is 0 Å². The second kappa shape index (κ2) is 7.36. The van der Waals surface area contributed by atoms with Gasteiger partial charge in [0.05, 0.1) is 12.9 Å². The van der Waals surface area contributed by atoms with E-state index in [4.69, 9.17) is 16.3 Å². The first-order valence-corrected chi connectivity index (χ1v) is 11.2. The summed E-state index contributed by atoms with van der Waals surface area (Å²) in [4.78, 5) is 15.6. The number of ether oxygens (including phenoxy) is 1. The lowest BCUT2D eigenvalue weighted by atomic mass is 9.81. The lowest BCUT2D eigenvalue weighted by Gasteiger charge is -2.26. The molecular formula is C22H24ClN5O4. The lowest BCUT2D eigenvalue weighted by Crippen LogP contribution is -2.33. The summed E-state index contributed by atoms with van der Waals surface area (Å²) in [5, 5.41) is 30.1. The molecule has 168 valence electrons. The Kier molecular flexibility index (Phi) is 4.67. The Morgan fingerprint density at radius 2 is 2.00 bits per heavy atom. The first-order chi connectivity index (χ1) is 15.5. The molecule has 2 saturated heterocycles. The van der Waals surface area contributed by atoms with Crippen molar-refractivity contribution in [2.45, 2.75) is 49.2 Å². The van der Waals surface area contributed by atoms with Gasteiger partial charge in [-0.05, 0) is 42.0 Å². The molecule has 3 N–H and O–H groups in total. The minimum atomic E-state index is -1.23. The van der Waals surface area contributed by atoms with Crippen molar-refractivity contribution in [1.82, 2.24) is 19.5 Å². The van der Waals surface area contributed by atoms with Gasteiger partial charge in [-0.15, -0.1) is 0 Å². The fourth-order valence-electron chi connectivity index (χ4n) is 5.63. The topological polar surface area (TPSA) is 117 Å². The zero-order chi connectivity index (χ0) is 22.0. The summed E-state index contributed by atoms with van der Waals surface area (Å²) in [5.41, 5.74) is 3.94. The molecule has 0 amide bonds. The Balaban J connectivity index is 1.37. The molecule has 3 aliphatic rings. The summed E-state index contributed by atoms with van der Waals surface area (Å²) in [6.45, 7) is 1.25. The Morgan fingerprint density at radius 1 is 1.16 bits per heavy atom.